The monoisotopic (exact) mass is 173 g/mol. The maximum absolute atomic E-state index is 5.58. The normalized spacial score (nSPS) is 28.7. The number of nitrogens with two attached hydrogens (primary N) is 1. The topological polar surface area (TPSA) is 32.5 Å². The zero-order valence-electron chi connectivity index (χ0n) is 7.08. The van der Waals surface area contributed by atoms with Crippen LogP contribution in [0.2, 0.25) is 0 Å². The van der Waals surface area contributed by atoms with Crippen LogP contribution in [0, 0.1) is 0 Å². The van der Waals surface area contributed by atoms with Crippen LogP contribution in [0.5, 0.6) is 0 Å². The molecule has 1 aliphatic heterocycles. The van der Waals surface area contributed by atoms with Crippen molar-refractivity contribution in [3.8, 4) is 0 Å². The van der Waals surface area contributed by atoms with Crippen LogP contribution in [0.3, 0.4) is 0 Å². The van der Waals surface area contributed by atoms with Gasteiger partial charge in [-0.3, -0.25) is 4.90 Å². The van der Waals surface area contributed by atoms with Crippen molar-refractivity contribution in [2.45, 2.75) is 6.04 Å². The Morgan fingerprint density at radius 2 is 2.09 bits per heavy atom. The Morgan fingerprint density at radius 3 is 2.55 bits per heavy atom. The average Bonchev–Trinajstić information content (AvgIpc) is 1.94. The molecule has 0 bridgehead atoms. The van der Waals surface area contributed by atoms with E-state index in [0.29, 0.717) is 4.99 Å². The summed E-state index contributed by atoms with van der Waals surface area (Å²) in [6, 6.07) is 0.267. The summed E-state index contributed by atoms with van der Waals surface area (Å²) in [5, 5.41) is 0. The second kappa shape index (κ2) is 3.47. The molecule has 1 heterocycles. The minimum absolute atomic E-state index is 0.267. The molecule has 0 spiro atoms. The number of hydrogen-bond acceptors (Lipinski definition) is 3. The molecule has 0 aromatic heterocycles. The lowest BCUT2D eigenvalue weighted by molar-refractivity contribution is 0.151. The third-order valence-electron chi connectivity index (χ3n) is 2.18. The van der Waals surface area contributed by atoms with Crippen LogP contribution in [0.1, 0.15) is 0 Å². The highest BCUT2D eigenvalue weighted by atomic mass is 32.1. The van der Waals surface area contributed by atoms with Crippen molar-refractivity contribution in [2.24, 2.45) is 5.73 Å². The van der Waals surface area contributed by atoms with Crippen molar-refractivity contribution in [1.29, 1.82) is 0 Å². The van der Waals surface area contributed by atoms with Crippen molar-refractivity contribution >= 4 is 17.2 Å². The van der Waals surface area contributed by atoms with Gasteiger partial charge in [-0.25, -0.2) is 0 Å². The van der Waals surface area contributed by atoms with E-state index in [1.54, 1.807) is 0 Å². The molecule has 4 heteroatoms. The molecule has 64 valence electrons. The fourth-order valence-electron chi connectivity index (χ4n) is 1.32. The fourth-order valence-corrected chi connectivity index (χ4v) is 1.57. The minimum Gasteiger partial charge on any atom is -0.392 e. The van der Waals surface area contributed by atoms with Crippen LogP contribution >= 0.6 is 12.2 Å². The lowest BCUT2D eigenvalue weighted by Gasteiger charge is -2.36. The Bertz CT molecular complexity index is 160. The van der Waals surface area contributed by atoms with Crippen LogP contribution in [0.15, 0.2) is 0 Å². The van der Waals surface area contributed by atoms with Crippen LogP contribution < -0.4 is 5.73 Å². The highest BCUT2D eigenvalue weighted by Gasteiger charge is 2.23. The van der Waals surface area contributed by atoms with Gasteiger partial charge in [-0.1, -0.05) is 12.2 Å². The van der Waals surface area contributed by atoms with Gasteiger partial charge in [-0.2, -0.15) is 0 Å². The summed E-state index contributed by atoms with van der Waals surface area (Å²) >= 11 is 4.95. The van der Waals surface area contributed by atoms with Crippen molar-refractivity contribution < 1.29 is 0 Å². The number of likely N-dealkylation sites (N-methyl/N-ethyl adjacent to an activating group) is 2. The molecule has 0 aromatic carbocycles. The quantitative estimate of drug-likeness (QED) is 0.543. The van der Waals surface area contributed by atoms with E-state index in [2.05, 4.69) is 23.9 Å². The predicted octanol–water partition coefficient (Wildman–Crippen LogP) is -0.482. The van der Waals surface area contributed by atoms with Crippen molar-refractivity contribution in [2.75, 3.05) is 33.7 Å². The number of nitrogens with zero attached hydrogens (tertiary/aromatic N) is 2. The van der Waals surface area contributed by atoms with Gasteiger partial charge in [-0.15, -0.1) is 0 Å². The largest absolute Gasteiger partial charge is 0.392 e. The molecule has 0 amide bonds. The molecule has 0 aromatic rings. The molecule has 11 heavy (non-hydrogen) atoms. The SMILES string of the molecule is CN1CCN(C)C(C(N)=S)C1. The third-order valence-corrected chi connectivity index (χ3v) is 2.45. The summed E-state index contributed by atoms with van der Waals surface area (Å²) in [6.45, 7) is 3.12. The maximum Gasteiger partial charge on any atom is 0.0915 e. The molecular weight excluding hydrogens is 158 g/mol. The summed E-state index contributed by atoms with van der Waals surface area (Å²) < 4.78 is 0. The first-order valence-corrected chi connectivity index (χ1v) is 4.20. The molecule has 1 aliphatic rings. The van der Waals surface area contributed by atoms with Crippen LogP contribution in [-0.4, -0.2) is 54.6 Å². The van der Waals surface area contributed by atoms with E-state index in [-0.39, 0.29) is 6.04 Å². The molecule has 1 atom stereocenters. The Labute approximate surface area is 73.1 Å². The Hall–Kier alpha value is -0.190. The van der Waals surface area contributed by atoms with Crippen molar-refractivity contribution in [1.82, 2.24) is 9.80 Å². The molecule has 0 aliphatic carbocycles. The number of rotatable bonds is 1. The lowest BCUT2D eigenvalue weighted by atomic mass is 10.2. The van der Waals surface area contributed by atoms with Gasteiger partial charge < -0.3 is 10.6 Å². The van der Waals surface area contributed by atoms with Gasteiger partial charge in [0.2, 0.25) is 0 Å². The summed E-state index contributed by atoms with van der Waals surface area (Å²) in [7, 11) is 4.16. The summed E-state index contributed by atoms with van der Waals surface area (Å²) in [5.74, 6) is 0. The van der Waals surface area contributed by atoms with Crippen molar-refractivity contribution in [3.63, 3.8) is 0 Å². The molecule has 1 rings (SSSR count). The highest BCUT2D eigenvalue weighted by molar-refractivity contribution is 7.80. The predicted molar refractivity (Wildman–Crippen MR) is 50.7 cm³/mol. The maximum atomic E-state index is 5.58. The van der Waals surface area contributed by atoms with Gasteiger partial charge in [-0.05, 0) is 14.1 Å². The number of hydrogen-bond donors (Lipinski definition) is 1. The number of thiocarbonyl (C=S) groups is 1. The third kappa shape index (κ3) is 2.12. The smallest absolute Gasteiger partial charge is 0.0915 e. The standard InChI is InChI=1S/C7H15N3S/c1-9-3-4-10(2)6(5-9)7(8)11/h6H,3-5H2,1-2H3,(H2,8,11). The fraction of sp³-hybridized carbons (Fsp3) is 0.857. The second-order valence-electron chi connectivity index (χ2n) is 3.16. The van der Waals surface area contributed by atoms with E-state index in [1.807, 2.05) is 0 Å². The molecule has 0 saturated carbocycles. The van der Waals surface area contributed by atoms with Crippen molar-refractivity contribution in [3.05, 3.63) is 0 Å². The van der Waals surface area contributed by atoms with Gasteiger partial charge in [0.05, 0.1) is 11.0 Å². The van der Waals surface area contributed by atoms with E-state index in [9.17, 15) is 0 Å². The van der Waals surface area contributed by atoms with E-state index < -0.39 is 0 Å². The van der Waals surface area contributed by atoms with E-state index >= 15 is 0 Å². The van der Waals surface area contributed by atoms with Gasteiger partial charge in [0.15, 0.2) is 0 Å². The van der Waals surface area contributed by atoms with E-state index in [0.717, 1.165) is 19.6 Å². The summed E-state index contributed by atoms with van der Waals surface area (Å²) in [4.78, 5) is 5.07. The second-order valence-corrected chi connectivity index (χ2v) is 3.63. The van der Waals surface area contributed by atoms with Crippen LogP contribution in [0.25, 0.3) is 0 Å². The van der Waals surface area contributed by atoms with Crippen LogP contribution in [-0.2, 0) is 0 Å². The first-order valence-electron chi connectivity index (χ1n) is 3.79. The Morgan fingerprint density at radius 1 is 1.45 bits per heavy atom. The Balaban J connectivity index is 2.54. The molecule has 3 nitrogen and oxygen atoms in total. The zero-order valence-corrected chi connectivity index (χ0v) is 7.90. The van der Waals surface area contributed by atoms with Gasteiger partial charge in [0.1, 0.15) is 0 Å². The Kier molecular flexibility index (Phi) is 2.81. The molecule has 0 radical (unpaired) electrons. The molecule has 2 N–H and O–H groups in total. The first-order chi connectivity index (χ1) is 5.11. The zero-order chi connectivity index (χ0) is 8.43. The number of piperazine rings is 1. The van der Waals surface area contributed by atoms with Crippen LogP contribution in [0.4, 0.5) is 0 Å². The highest BCUT2D eigenvalue weighted by Crippen LogP contribution is 2.05. The molecular formula is C7H15N3S. The molecule has 1 saturated heterocycles. The van der Waals surface area contributed by atoms with Gasteiger partial charge >= 0.3 is 0 Å². The van der Waals surface area contributed by atoms with E-state index in [1.165, 1.54) is 0 Å². The average molecular weight is 173 g/mol. The van der Waals surface area contributed by atoms with Gasteiger partial charge in [0, 0.05) is 19.6 Å². The van der Waals surface area contributed by atoms with E-state index in [4.69, 9.17) is 18.0 Å². The molecule has 1 fully saturated rings. The van der Waals surface area contributed by atoms with Gasteiger partial charge in [0.25, 0.3) is 0 Å². The summed E-state index contributed by atoms with van der Waals surface area (Å²) in [6.07, 6.45) is 0. The minimum atomic E-state index is 0.267. The molecule has 1 unspecified atom stereocenters. The first kappa shape index (κ1) is 8.90. The summed E-state index contributed by atoms with van der Waals surface area (Å²) in [5.41, 5.74) is 5.58. The lowest BCUT2D eigenvalue weighted by Crippen LogP contribution is -2.54.